The zero-order chi connectivity index (χ0) is 16.5. The van der Waals surface area contributed by atoms with Gasteiger partial charge in [-0.1, -0.05) is 50.1 Å². The molecule has 1 heterocycles. The van der Waals surface area contributed by atoms with Gasteiger partial charge in [0.15, 0.2) is 0 Å². The minimum Gasteiger partial charge on any atom is -0.370 e. The summed E-state index contributed by atoms with van der Waals surface area (Å²) < 4.78 is 0. The van der Waals surface area contributed by atoms with Crippen LogP contribution in [-0.4, -0.2) is 29.4 Å². The molecule has 23 heavy (non-hydrogen) atoms. The van der Waals surface area contributed by atoms with E-state index in [-0.39, 0.29) is 5.91 Å². The highest BCUT2D eigenvalue weighted by molar-refractivity contribution is 5.94. The number of unbranched alkanes of at least 4 members (excludes halogenated alkanes) is 2. The molecule has 2 aromatic rings. The lowest BCUT2D eigenvalue weighted by Crippen LogP contribution is -2.26. The molecular weight excluding hydrogens is 286 g/mol. The van der Waals surface area contributed by atoms with Crippen LogP contribution >= 0.6 is 0 Å². The van der Waals surface area contributed by atoms with Crippen molar-refractivity contribution in [2.24, 2.45) is 0 Å². The molecule has 122 valence electrons. The van der Waals surface area contributed by atoms with Crippen molar-refractivity contribution < 1.29 is 4.79 Å². The fourth-order valence-electron chi connectivity index (χ4n) is 2.40. The Morgan fingerprint density at radius 3 is 2.70 bits per heavy atom. The smallest absolute Gasteiger partial charge is 0.254 e. The van der Waals surface area contributed by atoms with E-state index >= 15 is 0 Å². The van der Waals surface area contributed by atoms with Crippen LogP contribution in [0.3, 0.4) is 0 Å². The van der Waals surface area contributed by atoms with Gasteiger partial charge in [-0.05, 0) is 24.1 Å². The summed E-state index contributed by atoms with van der Waals surface area (Å²) in [4.78, 5) is 18.6. The Labute approximate surface area is 138 Å². The summed E-state index contributed by atoms with van der Waals surface area (Å²) in [6.07, 6.45) is 5.19. The van der Waals surface area contributed by atoms with Gasteiger partial charge in [-0.3, -0.25) is 4.79 Å². The largest absolute Gasteiger partial charge is 0.370 e. The number of carbonyl (C=O) groups is 1. The summed E-state index contributed by atoms with van der Waals surface area (Å²) >= 11 is 0. The summed E-state index contributed by atoms with van der Waals surface area (Å²) in [6.45, 7) is 3.67. The molecule has 0 unspecified atom stereocenters. The SMILES string of the molecule is CCCCCNc1cc(C(=O)N(C)Cc2ccccc2)ccn1. The molecule has 0 saturated carbocycles. The lowest BCUT2D eigenvalue weighted by molar-refractivity contribution is 0.0785. The van der Waals surface area contributed by atoms with E-state index in [1.54, 1.807) is 17.2 Å². The minimum absolute atomic E-state index is 0.00728. The molecule has 0 aliphatic rings. The quantitative estimate of drug-likeness (QED) is 0.751. The second kappa shape index (κ2) is 8.93. The number of anilines is 1. The van der Waals surface area contributed by atoms with Crippen molar-refractivity contribution >= 4 is 11.7 Å². The van der Waals surface area contributed by atoms with E-state index in [9.17, 15) is 4.79 Å². The molecule has 0 fully saturated rings. The second-order valence-corrected chi connectivity index (χ2v) is 5.71. The van der Waals surface area contributed by atoms with Crippen molar-refractivity contribution in [2.45, 2.75) is 32.7 Å². The molecule has 4 nitrogen and oxygen atoms in total. The Bertz CT molecular complexity index is 613. The zero-order valence-corrected chi connectivity index (χ0v) is 14.0. The average Bonchev–Trinajstić information content (AvgIpc) is 2.59. The Morgan fingerprint density at radius 2 is 1.96 bits per heavy atom. The maximum Gasteiger partial charge on any atom is 0.254 e. The van der Waals surface area contributed by atoms with Crippen LogP contribution in [0.25, 0.3) is 0 Å². The van der Waals surface area contributed by atoms with E-state index in [1.165, 1.54) is 12.8 Å². The van der Waals surface area contributed by atoms with Crippen molar-refractivity contribution in [1.29, 1.82) is 0 Å². The number of nitrogens with one attached hydrogen (secondary N) is 1. The summed E-state index contributed by atoms with van der Waals surface area (Å²) in [6, 6.07) is 13.6. The molecule has 0 atom stereocenters. The number of benzene rings is 1. The van der Waals surface area contributed by atoms with Gasteiger partial charge in [0, 0.05) is 31.9 Å². The van der Waals surface area contributed by atoms with E-state index in [4.69, 9.17) is 0 Å². The Balaban J connectivity index is 1.95. The van der Waals surface area contributed by atoms with E-state index in [1.807, 2.05) is 43.4 Å². The van der Waals surface area contributed by atoms with E-state index < -0.39 is 0 Å². The summed E-state index contributed by atoms with van der Waals surface area (Å²) in [7, 11) is 1.82. The number of amides is 1. The van der Waals surface area contributed by atoms with Crippen LogP contribution in [0.1, 0.15) is 42.1 Å². The molecule has 0 saturated heterocycles. The third-order valence-corrected chi connectivity index (χ3v) is 3.70. The Hall–Kier alpha value is -2.36. The number of carbonyl (C=O) groups excluding carboxylic acids is 1. The van der Waals surface area contributed by atoms with Crippen molar-refractivity contribution in [3.05, 3.63) is 59.8 Å². The molecule has 0 bridgehead atoms. The van der Waals surface area contributed by atoms with Gasteiger partial charge in [0.2, 0.25) is 0 Å². The lowest BCUT2D eigenvalue weighted by Gasteiger charge is -2.17. The number of rotatable bonds is 8. The van der Waals surface area contributed by atoms with Crippen LogP contribution in [-0.2, 0) is 6.54 Å². The van der Waals surface area contributed by atoms with Gasteiger partial charge in [0.05, 0.1) is 0 Å². The van der Waals surface area contributed by atoms with Crippen molar-refractivity contribution in [2.75, 3.05) is 18.9 Å². The molecule has 0 aliphatic carbocycles. The van der Waals surface area contributed by atoms with E-state index in [0.29, 0.717) is 12.1 Å². The molecule has 1 aromatic heterocycles. The number of hydrogen-bond acceptors (Lipinski definition) is 3. The van der Waals surface area contributed by atoms with E-state index in [0.717, 1.165) is 24.3 Å². The first-order valence-electron chi connectivity index (χ1n) is 8.20. The summed E-state index contributed by atoms with van der Waals surface area (Å²) in [5.41, 5.74) is 1.78. The van der Waals surface area contributed by atoms with Gasteiger partial charge < -0.3 is 10.2 Å². The number of pyridine rings is 1. The lowest BCUT2D eigenvalue weighted by atomic mass is 10.2. The first-order chi connectivity index (χ1) is 11.2. The van der Waals surface area contributed by atoms with Gasteiger partial charge in [-0.25, -0.2) is 4.98 Å². The van der Waals surface area contributed by atoms with Crippen molar-refractivity contribution in [3.63, 3.8) is 0 Å². The Kier molecular flexibility index (Phi) is 6.60. The third kappa shape index (κ3) is 5.40. The average molecular weight is 311 g/mol. The van der Waals surface area contributed by atoms with Gasteiger partial charge in [0.25, 0.3) is 5.91 Å². The molecule has 0 radical (unpaired) electrons. The molecule has 0 spiro atoms. The first-order valence-corrected chi connectivity index (χ1v) is 8.20. The highest BCUT2D eigenvalue weighted by Crippen LogP contribution is 2.12. The second-order valence-electron chi connectivity index (χ2n) is 5.71. The third-order valence-electron chi connectivity index (χ3n) is 3.70. The standard InChI is InChI=1S/C19H25N3O/c1-3-4-8-12-20-18-14-17(11-13-21-18)19(23)22(2)15-16-9-6-5-7-10-16/h5-7,9-11,13-14H,3-4,8,12,15H2,1-2H3,(H,20,21). The monoisotopic (exact) mass is 311 g/mol. The maximum atomic E-state index is 12.5. The predicted octanol–water partition coefficient (Wildman–Crippen LogP) is 3.96. The van der Waals surface area contributed by atoms with Crippen LogP contribution in [0.4, 0.5) is 5.82 Å². The molecule has 1 amide bonds. The topological polar surface area (TPSA) is 45.2 Å². The normalized spacial score (nSPS) is 10.3. The zero-order valence-electron chi connectivity index (χ0n) is 14.0. The van der Waals surface area contributed by atoms with Gasteiger partial charge in [-0.2, -0.15) is 0 Å². The van der Waals surface area contributed by atoms with Crippen LogP contribution in [0.5, 0.6) is 0 Å². The number of aromatic nitrogens is 1. The minimum atomic E-state index is 0.00728. The fraction of sp³-hybridized carbons (Fsp3) is 0.368. The molecular formula is C19H25N3O. The highest BCUT2D eigenvalue weighted by Gasteiger charge is 2.12. The maximum absolute atomic E-state index is 12.5. The molecule has 0 aliphatic heterocycles. The van der Waals surface area contributed by atoms with Gasteiger partial charge in [-0.15, -0.1) is 0 Å². The Morgan fingerprint density at radius 1 is 1.17 bits per heavy atom. The first kappa shape index (κ1) is 17.0. The highest BCUT2D eigenvalue weighted by atomic mass is 16.2. The molecule has 1 aromatic carbocycles. The van der Waals surface area contributed by atoms with Crippen LogP contribution < -0.4 is 5.32 Å². The van der Waals surface area contributed by atoms with Crippen LogP contribution in [0.2, 0.25) is 0 Å². The fourth-order valence-corrected chi connectivity index (χ4v) is 2.40. The molecule has 4 heteroatoms. The summed E-state index contributed by atoms with van der Waals surface area (Å²) in [5.74, 6) is 0.771. The van der Waals surface area contributed by atoms with Crippen LogP contribution in [0, 0.1) is 0 Å². The molecule has 1 N–H and O–H groups in total. The van der Waals surface area contributed by atoms with E-state index in [2.05, 4.69) is 17.2 Å². The number of hydrogen-bond donors (Lipinski definition) is 1. The summed E-state index contributed by atoms with van der Waals surface area (Å²) in [5, 5.41) is 3.28. The molecule has 2 rings (SSSR count). The van der Waals surface area contributed by atoms with Crippen molar-refractivity contribution in [1.82, 2.24) is 9.88 Å². The van der Waals surface area contributed by atoms with Gasteiger partial charge in [0.1, 0.15) is 5.82 Å². The van der Waals surface area contributed by atoms with Crippen molar-refractivity contribution in [3.8, 4) is 0 Å². The number of nitrogens with zero attached hydrogens (tertiary/aromatic N) is 2. The predicted molar refractivity (Wildman–Crippen MR) is 94.5 cm³/mol. The van der Waals surface area contributed by atoms with Crippen LogP contribution in [0.15, 0.2) is 48.7 Å². The van der Waals surface area contributed by atoms with Gasteiger partial charge >= 0.3 is 0 Å².